The lowest BCUT2D eigenvalue weighted by Crippen LogP contribution is -2.27. The standard InChI is InChI=1S/C24H14Cl3NO4S2/c1-31-20-9-13(5-8-19(20)32-23(30)17-7-6-15(26)12-18(17)27)10-21-22(29)28(24(33)34-21)16-4-2-3-14(25)11-16/h2-12H,1H3/b21-10+. The molecule has 0 spiro atoms. The van der Waals surface area contributed by atoms with Crippen LogP contribution in [-0.2, 0) is 4.79 Å². The number of carbonyl (C=O) groups is 2. The van der Waals surface area contributed by atoms with Crippen LogP contribution >= 0.6 is 58.8 Å². The number of esters is 1. The Kier molecular flexibility index (Phi) is 7.50. The highest BCUT2D eigenvalue weighted by molar-refractivity contribution is 8.27. The maximum absolute atomic E-state index is 13.0. The number of ether oxygens (including phenoxy) is 2. The van der Waals surface area contributed by atoms with E-state index in [-0.39, 0.29) is 22.2 Å². The fourth-order valence-electron chi connectivity index (χ4n) is 3.13. The first kappa shape index (κ1) is 24.6. The highest BCUT2D eigenvalue weighted by atomic mass is 35.5. The van der Waals surface area contributed by atoms with Gasteiger partial charge in [-0.25, -0.2) is 4.79 Å². The van der Waals surface area contributed by atoms with Crippen LogP contribution in [0, 0.1) is 0 Å². The van der Waals surface area contributed by atoms with Gasteiger partial charge in [-0.2, -0.15) is 0 Å². The van der Waals surface area contributed by atoms with Gasteiger partial charge < -0.3 is 9.47 Å². The predicted octanol–water partition coefficient (Wildman–Crippen LogP) is 7.28. The van der Waals surface area contributed by atoms with E-state index in [2.05, 4.69) is 0 Å². The molecule has 0 radical (unpaired) electrons. The maximum Gasteiger partial charge on any atom is 0.345 e. The molecule has 172 valence electrons. The molecule has 4 rings (SSSR count). The normalized spacial score (nSPS) is 14.6. The Morgan fingerprint density at radius 1 is 1.00 bits per heavy atom. The topological polar surface area (TPSA) is 55.8 Å². The van der Waals surface area contributed by atoms with Crippen molar-refractivity contribution < 1.29 is 19.1 Å². The van der Waals surface area contributed by atoms with Crippen LogP contribution in [0.4, 0.5) is 5.69 Å². The van der Waals surface area contributed by atoms with Crippen LogP contribution in [-0.4, -0.2) is 23.3 Å². The Hall–Kier alpha value is -2.55. The molecular weight excluding hydrogens is 537 g/mol. The molecule has 1 heterocycles. The smallest absolute Gasteiger partial charge is 0.345 e. The molecule has 1 aliphatic rings. The van der Waals surface area contributed by atoms with E-state index in [4.69, 9.17) is 56.5 Å². The second-order valence-corrected chi connectivity index (χ2v) is 9.88. The summed E-state index contributed by atoms with van der Waals surface area (Å²) in [6, 6.07) is 16.3. The summed E-state index contributed by atoms with van der Waals surface area (Å²) in [5.41, 5.74) is 1.42. The second kappa shape index (κ2) is 10.4. The van der Waals surface area contributed by atoms with Crippen molar-refractivity contribution in [1.82, 2.24) is 0 Å². The van der Waals surface area contributed by atoms with E-state index in [1.165, 1.54) is 35.9 Å². The third-order valence-electron chi connectivity index (χ3n) is 4.70. The van der Waals surface area contributed by atoms with Crippen molar-refractivity contribution in [2.45, 2.75) is 0 Å². The summed E-state index contributed by atoms with van der Waals surface area (Å²) in [6.45, 7) is 0. The van der Waals surface area contributed by atoms with Gasteiger partial charge in [-0.05, 0) is 60.2 Å². The number of thiocarbonyl (C=S) groups is 1. The van der Waals surface area contributed by atoms with E-state index in [9.17, 15) is 9.59 Å². The summed E-state index contributed by atoms with van der Waals surface area (Å²) in [4.78, 5) is 27.4. The highest BCUT2D eigenvalue weighted by Gasteiger charge is 2.33. The zero-order valence-electron chi connectivity index (χ0n) is 17.4. The van der Waals surface area contributed by atoms with Crippen LogP contribution < -0.4 is 14.4 Å². The Balaban J connectivity index is 1.57. The molecule has 3 aromatic rings. The van der Waals surface area contributed by atoms with Crippen LogP contribution in [0.3, 0.4) is 0 Å². The number of methoxy groups -OCH3 is 1. The van der Waals surface area contributed by atoms with Crippen molar-refractivity contribution in [2.24, 2.45) is 0 Å². The van der Waals surface area contributed by atoms with Crippen molar-refractivity contribution >= 4 is 86.7 Å². The molecule has 0 aromatic heterocycles. The van der Waals surface area contributed by atoms with Crippen molar-refractivity contribution in [1.29, 1.82) is 0 Å². The van der Waals surface area contributed by atoms with Crippen LogP contribution in [0.5, 0.6) is 11.5 Å². The molecule has 1 aliphatic heterocycles. The minimum absolute atomic E-state index is 0.168. The number of rotatable bonds is 5. The molecular formula is C24H14Cl3NO4S2. The molecule has 1 saturated heterocycles. The number of halogens is 3. The molecule has 0 unspecified atom stereocenters. The second-order valence-electron chi connectivity index (χ2n) is 6.92. The summed E-state index contributed by atoms with van der Waals surface area (Å²) < 4.78 is 11.3. The zero-order chi connectivity index (χ0) is 24.4. The number of carbonyl (C=O) groups excluding carboxylic acids is 2. The van der Waals surface area contributed by atoms with E-state index in [0.29, 0.717) is 36.3 Å². The lowest BCUT2D eigenvalue weighted by atomic mass is 10.1. The number of hydrogen-bond donors (Lipinski definition) is 0. The molecule has 0 bridgehead atoms. The van der Waals surface area contributed by atoms with E-state index in [1.54, 1.807) is 54.6 Å². The van der Waals surface area contributed by atoms with Gasteiger partial charge in [-0.1, -0.05) is 70.9 Å². The van der Waals surface area contributed by atoms with Crippen molar-refractivity contribution in [3.05, 3.63) is 91.8 Å². The van der Waals surface area contributed by atoms with Gasteiger partial charge in [0, 0.05) is 10.0 Å². The van der Waals surface area contributed by atoms with Crippen LogP contribution in [0.2, 0.25) is 15.1 Å². The van der Waals surface area contributed by atoms with Gasteiger partial charge in [0.05, 0.1) is 28.3 Å². The molecule has 0 atom stereocenters. The Morgan fingerprint density at radius 3 is 2.47 bits per heavy atom. The molecule has 5 nitrogen and oxygen atoms in total. The van der Waals surface area contributed by atoms with E-state index < -0.39 is 5.97 Å². The van der Waals surface area contributed by atoms with E-state index >= 15 is 0 Å². The molecule has 1 fully saturated rings. The SMILES string of the molecule is COc1cc(/C=C2/SC(=S)N(c3cccc(Cl)c3)C2=O)ccc1OC(=O)c1ccc(Cl)cc1Cl. The van der Waals surface area contributed by atoms with Gasteiger partial charge in [0.15, 0.2) is 15.8 Å². The quantitative estimate of drug-likeness (QED) is 0.144. The summed E-state index contributed by atoms with van der Waals surface area (Å²) in [6.07, 6.45) is 1.69. The average molecular weight is 551 g/mol. The molecule has 0 saturated carbocycles. The van der Waals surface area contributed by atoms with Gasteiger partial charge in [0.25, 0.3) is 5.91 Å². The molecule has 3 aromatic carbocycles. The molecule has 34 heavy (non-hydrogen) atoms. The fraction of sp³-hybridized carbons (Fsp3) is 0.0417. The van der Waals surface area contributed by atoms with Crippen LogP contribution in [0.1, 0.15) is 15.9 Å². The summed E-state index contributed by atoms with van der Waals surface area (Å²) in [7, 11) is 1.45. The van der Waals surface area contributed by atoms with E-state index in [1.807, 2.05) is 0 Å². The average Bonchev–Trinajstić information content (AvgIpc) is 3.07. The largest absolute Gasteiger partial charge is 0.493 e. The van der Waals surface area contributed by atoms with Crippen LogP contribution in [0.15, 0.2) is 65.6 Å². The number of nitrogens with zero attached hydrogens (tertiary/aromatic N) is 1. The zero-order valence-corrected chi connectivity index (χ0v) is 21.3. The maximum atomic E-state index is 13.0. The van der Waals surface area contributed by atoms with Crippen molar-refractivity contribution in [3.8, 4) is 11.5 Å². The Bertz CT molecular complexity index is 1360. The molecule has 0 aliphatic carbocycles. The number of amides is 1. The van der Waals surface area contributed by atoms with Gasteiger partial charge in [-0.3, -0.25) is 9.69 Å². The number of anilines is 1. The first-order valence-corrected chi connectivity index (χ1v) is 12.0. The Labute approximate surface area is 220 Å². The minimum atomic E-state index is -0.657. The van der Waals surface area contributed by atoms with Gasteiger partial charge in [0.1, 0.15) is 0 Å². The molecule has 1 amide bonds. The summed E-state index contributed by atoms with van der Waals surface area (Å²) in [5.74, 6) is -0.418. The van der Waals surface area contributed by atoms with E-state index in [0.717, 1.165) is 0 Å². The number of thioether (sulfide) groups is 1. The Morgan fingerprint density at radius 2 is 1.76 bits per heavy atom. The van der Waals surface area contributed by atoms with Crippen molar-refractivity contribution in [3.63, 3.8) is 0 Å². The summed E-state index contributed by atoms with van der Waals surface area (Å²) in [5, 5.41) is 1.09. The first-order chi connectivity index (χ1) is 16.3. The predicted molar refractivity (Wildman–Crippen MR) is 142 cm³/mol. The van der Waals surface area contributed by atoms with Gasteiger partial charge >= 0.3 is 5.97 Å². The fourth-order valence-corrected chi connectivity index (χ4v) is 5.09. The number of hydrogen-bond acceptors (Lipinski definition) is 6. The molecule has 10 heteroatoms. The number of benzene rings is 3. The lowest BCUT2D eigenvalue weighted by molar-refractivity contribution is -0.113. The first-order valence-electron chi connectivity index (χ1n) is 9.65. The van der Waals surface area contributed by atoms with Gasteiger partial charge in [0.2, 0.25) is 0 Å². The van der Waals surface area contributed by atoms with Crippen molar-refractivity contribution in [2.75, 3.05) is 12.0 Å². The molecule has 0 N–H and O–H groups in total. The summed E-state index contributed by atoms with van der Waals surface area (Å²) >= 11 is 24.6. The van der Waals surface area contributed by atoms with Gasteiger partial charge in [-0.15, -0.1) is 0 Å². The lowest BCUT2D eigenvalue weighted by Gasteiger charge is -2.14. The van der Waals surface area contributed by atoms with Crippen LogP contribution in [0.25, 0.3) is 6.08 Å². The highest BCUT2D eigenvalue weighted by Crippen LogP contribution is 2.38. The third kappa shape index (κ3) is 5.24. The third-order valence-corrected chi connectivity index (χ3v) is 6.78. The minimum Gasteiger partial charge on any atom is -0.493 e. The monoisotopic (exact) mass is 549 g/mol.